The van der Waals surface area contributed by atoms with E-state index in [-0.39, 0.29) is 11.3 Å². The van der Waals surface area contributed by atoms with Gasteiger partial charge in [0, 0.05) is 6.54 Å². The molecule has 1 amide bonds. The van der Waals surface area contributed by atoms with E-state index >= 15 is 0 Å². The molecule has 1 aliphatic rings. The molecule has 3 aromatic rings. The van der Waals surface area contributed by atoms with Crippen LogP contribution in [0.1, 0.15) is 43.3 Å². The van der Waals surface area contributed by atoms with Crippen LogP contribution in [0, 0.1) is 6.92 Å². The number of aromatic nitrogens is 2. The first-order valence-electron chi connectivity index (χ1n) is 11.6. The van der Waals surface area contributed by atoms with Crippen LogP contribution in [0.5, 0.6) is 0 Å². The van der Waals surface area contributed by atoms with Crippen molar-refractivity contribution in [3.8, 4) is 5.69 Å². The van der Waals surface area contributed by atoms with Gasteiger partial charge in [0.2, 0.25) is 0 Å². The summed E-state index contributed by atoms with van der Waals surface area (Å²) >= 11 is 0. The number of carbonyl (C=O) groups excluding carboxylic acids is 2. The van der Waals surface area contributed by atoms with Crippen molar-refractivity contribution in [1.29, 1.82) is 0 Å². The highest BCUT2D eigenvalue weighted by Crippen LogP contribution is 2.40. The first kappa shape index (κ1) is 23.5. The fraction of sp³-hybridized carbons (Fsp3) is 0.346. The maximum absolute atomic E-state index is 13.1. The Morgan fingerprint density at radius 2 is 1.85 bits per heavy atom. The van der Waals surface area contributed by atoms with Crippen molar-refractivity contribution >= 4 is 17.4 Å². The minimum absolute atomic E-state index is 0.0264. The van der Waals surface area contributed by atoms with Crippen LogP contribution < -0.4 is 0 Å². The molecule has 1 saturated heterocycles. The first-order chi connectivity index (χ1) is 16.5. The fourth-order valence-corrected chi connectivity index (χ4v) is 4.47. The number of nitrogens with zero attached hydrogens (tertiary/aromatic N) is 4. The van der Waals surface area contributed by atoms with E-state index in [1.807, 2.05) is 37.3 Å². The topological polar surface area (TPSA) is 91.8 Å². The molecule has 0 saturated carbocycles. The van der Waals surface area contributed by atoms with Crippen molar-refractivity contribution in [3.05, 3.63) is 77.5 Å². The maximum atomic E-state index is 13.1. The molecule has 8 heteroatoms. The van der Waals surface area contributed by atoms with Crippen LogP contribution >= 0.6 is 0 Å². The SMILES string of the molecule is CCN(CC)CCCN1C(=O)C(=O)C(=C(O)c2cnn(-c3ccccc3)c2C)C1c1ccco1. The number of rotatable bonds is 9. The zero-order valence-electron chi connectivity index (χ0n) is 19.8. The Balaban J connectivity index is 1.72. The number of furan rings is 1. The van der Waals surface area contributed by atoms with E-state index < -0.39 is 17.7 Å². The largest absolute Gasteiger partial charge is 0.507 e. The van der Waals surface area contributed by atoms with Crippen molar-refractivity contribution in [2.45, 2.75) is 33.2 Å². The van der Waals surface area contributed by atoms with Crippen molar-refractivity contribution < 1.29 is 19.1 Å². The molecule has 0 spiro atoms. The van der Waals surface area contributed by atoms with Gasteiger partial charge in [0.25, 0.3) is 11.7 Å². The summed E-state index contributed by atoms with van der Waals surface area (Å²) in [6.07, 6.45) is 3.73. The summed E-state index contributed by atoms with van der Waals surface area (Å²) in [5.41, 5.74) is 1.92. The lowest BCUT2D eigenvalue weighted by molar-refractivity contribution is -0.140. The second kappa shape index (κ2) is 10.1. The Morgan fingerprint density at radius 1 is 1.12 bits per heavy atom. The third-order valence-electron chi connectivity index (χ3n) is 6.39. The van der Waals surface area contributed by atoms with Gasteiger partial charge in [-0.3, -0.25) is 9.59 Å². The fourth-order valence-electron chi connectivity index (χ4n) is 4.47. The van der Waals surface area contributed by atoms with Crippen LogP contribution in [0.2, 0.25) is 0 Å². The second-order valence-electron chi connectivity index (χ2n) is 8.28. The summed E-state index contributed by atoms with van der Waals surface area (Å²) in [7, 11) is 0. The zero-order chi connectivity index (χ0) is 24.2. The molecule has 0 radical (unpaired) electrons. The van der Waals surface area contributed by atoms with E-state index in [0.717, 1.165) is 25.3 Å². The summed E-state index contributed by atoms with van der Waals surface area (Å²) in [6, 6.07) is 12.2. The molecule has 4 rings (SSSR count). The molecular weight excluding hydrogens is 432 g/mol. The molecule has 0 bridgehead atoms. The van der Waals surface area contributed by atoms with Crippen LogP contribution in [0.25, 0.3) is 11.4 Å². The van der Waals surface area contributed by atoms with Crippen LogP contribution in [0.4, 0.5) is 0 Å². The molecule has 3 heterocycles. The van der Waals surface area contributed by atoms with Gasteiger partial charge in [-0.25, -0.2) is 4.68 Å². The van der Waals surface area contributed by atoms with Gasteiger partial charge in [-0.2, -0.15) is 5.10 Å². The number of para-hydroxylation sites is 1. The number of ketones is 1. The average molecular weight is 463 g/mol. The monoisotopic (exact) mass is 462 g/mol. The molecule has 1 atom stereocenters. The van der Waals surface area contributed by atoms with Gasteiger partial charge in [0.05, 0.1) is 35.0 Å². The number of benzene rings is 1. The summed E-state index contributed by atoms with van der Waals surface area (Å²) in [5.74, 6) is -1.15. The predicted molar refractivity (Wildman–Crippen MR) is 128 cm³/mol. The Labute approximate surface area is 199 Å². The Morgan fingerprint density at radius 3 is 2.50 bits per heavy atom. The first-order valence-corrected chi connectivity index (χ1v) is 11.6. The van der Waals surface area contributed by atoms with Gasteiger partial charge in [0.15, 0.2) is 0 Å². The molecule has 2 aromatic heterocycles. The maximum Gasteiger partial charge on any atom is 0.295 e. The Bertz CT molecular complexity index is 1180. The molecular formula is C26H30N4O4. The van der Waals surface area contributed by atoms with Gasteiger partial charge >= 0.3 is 0 Å². The number of carbonyl (C=O) groups is 2. The van der Waals surface area contributed by atoms with Gasteiger partial charge < -0.3 is 19.3 Å². The minimum atomic E-state index is -0.786. The summed E-state index contributed by atoms with van der Waals surface area (Å²) in [5, 5.41) is 15.7. The number of Topliss-reactive ketones (excluding diaryl/α,β-unsaturated/α-hetero) is 1. The van der Waals surface area contributed by atoms with Crippen LogP contribution in [0.15, 0.2) is 64.9 Å². The third kappa shape index (κ3) is 4.28. The number of amides is 1. The molecule has 0 aliphatic carbocycles. The number of aliphatic hydroxyl groups is 1. The standard InChI is InChI=1S/C26H30N4O4/c1-4-28(5-2)14-10-15-29-23(21-13-9-16-34-21)22(25(32)26(29)33)24(31)20-17-27-30(18(20)3)19-11-7-6-8-12-19/h6-9,11-13,16-17,23,31H,4-5,10,14-15H2,1-3H3. The number of hydrogen-bond acceptors (Lipinski definition) is 6. The molecule has 1 N–H and O–H groups in total. The van der Waals surface area contributed by atoms with Gasteiger partial charge in [-0.15, -0.1) is 0 Å². The highest BCUT2D eigenvalue weighted by atomic mass is 16.3. The smallest absolute Gasteiger partial charge is 0.295 e. The highest BCUT2D eigenvalue weighted by Gasteiger charge is 2.47. The zero-order valence-corrected chi connectivity index (χ0v) is 19.8. The van der Waals surface area contributed by atoms with Crippen LogP contribution in [-0.2, 0) is 9.59 Å². The van der Waals surface area contributed by atoms with Gasteiger partial charge in [0.1, 0.15) is 17.6 Å². The van der Waals surface area contributed by atoms with E-state index in [4.69, 9.17) is 4.42 Å². The molecule has 1 aromatic carbocycles. The van der Waals surface area contributed by atoms with Gasteiger partial charge in [-0.05, 0) is 57.2 Å². The minimum Gasteiger partial charge on any atom is -0.507 e. The Kier molecular flexibility index (Phi) is 6.98. The molecule has 178 valence electrons. The van der Waals surface area contributed by atoms with E-state index in [1.165, 1.54) is 17.4 Å². The van der Waals surface area contributed by atoms with Crippen LogP contribution in [0.3, 0.4) is 0 Å². The van der Waals surface area contributed by atoms with Crippen molar-refractivity contribution in [3.63, 3.8) is 0 Å². The van der Waals surface area contributed by atoms with E-state index in [1.54, 1.807) is 16.8 Å². The summed E-state index contributed by atoms with van der Waals surface area (Å²) in [4.78, 5) is 30.0. The molecule has 1 aliphatic heterocycles. The number of likely N-dealkylation sites (tertiary alicyclic amines) is 1. The lowest BCUT2D eigenvalue weighted by Gasteiger charge is -2.25. The number of hydrogen-bond donors (Lipinski definition) is 1. The van der Waals surface area contributed by atoms with Crippen molar-refractivity contribution in [1.82, 2.24) is 19.6 Å². The van der Waals surface area contributed by atoms with Crippen LogP contribution in [-0.4, -0.2) is 62.6 Å². The second-order valence-corrected chi connectivity index (χ2v) is 8.28. The van der Waals surface area contributed by atoms with Gasteiger partial charge in [-0.1, -0.05) is 32.0 Å². The quantitative estimate of drug-likeness (QED) is 0.294. The Hall–Kier alpha value is -3.65. The summed E-state index contributed by atoms with van der Waals surface area (Å²) in [6.45, 7) is 9.03. The third-order valence-corrected chi connectivity index (χ3v) is 6.39. The summed E-state index contributed by atoms with van der Waals surface area (Å²) < 4.78 is 7.30. The molecule has 34 heavy (non-hydrogen) atoms. The number of aliphatic hydroxyl groups excluding tert-OH is 1. The molecule has 1 fully saturated rings. The van der Waals surface area contributed by atoms with E-state index in [2.05, 4.69) is 23.8 Å². The molecule has 1 unspecified atom stereocenters. The average Bonchev–Trinajstić information content (AvgIpc) is 3.57. The van der Waals surface area contributed by atoms with Crippen molar-refractivity contribution in [2.75, 3.05) is 26.2 Å². The molecule has 8 nitrogen and oxygen atoms in total. The van der Waals surface area contributed by atoms with E-state index in [0.29, 0.717) is 30.0 Å². The van der Waals surface area contributed by atoms with Crippen molar-refractivity contribution in [2.24, 2.45) is 0 Å². The normalized spacial score (nSPS) is 17.8. The highest BCUT2D eigenvalue weighted by molar-refractivity contribution is 6.46. The predicted octanol–water partition coefficient (Wildman–Crippen LogP) is 3.93. The van der Waals surface area contributed by atoms with E-state index in [9.17, 15) is 14.7 Å². The lowest BCUT2D eigenvalue weighted by Crippen LogP contribution is -2.33. The lowest BCUT2D eigenvalue weighted by atomic mass is 9.99.